The smallest absolute Gasteiger partial charge is 0.325 e. The van der Waals surface area contributed by atoms with Crippen LogP contribution in [0.2, 0.25) is 0 Å². The summed E-state index contributed by atoms with van der Waals surface area (Å²) in [5, 5.41) is 8.96. The summed E-state index contributed by atoms with van der Waals surface area (Å²) in [6, 6.07) is 2.08. The Morgan fingerprint density at radius 3 is 2.44 bits per heavy atom. The zero-order valence-corrected chi connectivity index (χ0v) is 10.6. The molecule has 100 valence electrons. The summed E-state index contributed by atoms with van der Waals surface area (Å²) < 4.78 is 15.5. The first-order valence-corrected chi connectivity index (χ1v) is 5.27. The van der Waals surface area contributed by atoms with Gasteiger partial charge in [-0.3, -0.25) is 4.79 Å². The third-order valence-corrected chi connectivity index (χ3v) is 2.56. The van der Waals surface area contributed by atoms with E-state index in [1.54, 1.807) is 12.1 Å². The lowest BCUT2D eigenvalue weighted by Gasteiger charge is -2.18. The van der Waals surface area contributed by atoms with Crippen LogP contribution in [0.5, 0.6) is 11.5 Å². The SMILES string of the molecule is COCc1c(OC)ccc(C(N)C(=O)O)c1OC. The third-order valence-electron chi connectivity index (χ3n) is 2.56. The molecule has 0 bridgehead atoms. The summed E-state index contributed by atoms with van der Waals surface area (Å²) in [6.45, 7) is 0.243. The quantitative estimate of drug-likeness (QED) is 0.786. The maximum Gasteiger partial charge on any atom is 0.325 e. The number of hydrogen-bond donors (Lipinski definition) is 2. The molecular weight excluding hydrogens is 238 g/mol. The first-order chi connectivity index (χ1) is 8.56. The molecule has 18 heavy (non-hydrogen) atoms. The number of benzene rings is 1. The summed E-state index contributed by atoms with van der Waals surface area (Å²) in [6.07, 6.45) is 0. The van der Waals surface area contributed by atoms with E-state index < -0.39 is 12.0 Å². The lowest BCUT2D eigenvalue weighted by Crippen LogP contribution is -2.22. The summed E-state index contributed by atoms with van der Waals surface area (Å²) in [5.74, 6) is -0.178. The van der Waals surface area contributed by atoms with E-state index in [0.29, 0.717) is 22.6 Å². The molecule has 0 spiro atoms. The number of nitrogens with two attached hydrogens (primary N) is 1. The number of aliphatic carboxylic acids is 1. The van der Waals surface area contributed by atoms with Gasteiger partial charge in [-0.25, -0.2) is 0 Å². The van der Waals surface area contributed by atoms with Crippen LogP contribution in [0.15, 0.2) is 12.1 Å². The third kappa shape index (κ3) is 2.72. The van der Waals surface area contributed by atoms with Gasteiger partial charge in [0.25, 0.3) is 0 Å². The van der Waals surface area contributed by atoms with Crippen LogP contribution in [0.1, 0.15) is 17.2 Å². The molecule has 0 aliphatic carbocycles. The van der Waals surface area contributed by atoms with Crippen LogP contribution in [0.4, 0.5) is 0 Å². The van der Waals surface area contributed by atoms with Crippen molar-refractivity contribution in [3.63, 3.8) is 0 Å². The fraction of sp³-hybridized carbons (Fsp3) is 0.417. The second-order valence-corrected chi connectivity index (χ2v) is 3.62. The lowest BCUT2D eigenvalue weighted by molar-refractivity contribution is -0.138. The lowest BCUT2D eigenvalue weighted by atomic mass is 10.0. The molecule has 1 atom stereocenters. The average Bonchev–Trinajstić information content (AvgIpc) is 2.37. The van der Waals surface area contributed by atoms with Crippen LogP contribution in [-0.2, 0) is 16.1 Å². The van der Waals surface area contributed by atoms with Crippen LogP contribution >= 0.6 is 0 Å². The molecule has 1 aromatic carbocycles. The molecule has 1 aromatic rings. The van der Waals surface area contributed by atoms with Crippen LogP contribution in [-0.4, -0.2) is 32.4 Å². The van der Waals surface area contributed by atoms with E-state index >= 15 is 0 Å². The minimum absolute atomic E-state index is 0.243. The molecule has 0 aliphatic rings. The summed E-state index contributed by atoms with van der Waals surface area (Å²) in [5.41, 5.74) is 6.63. The van der Waals surface area contributed by atoms with Crippen molar-refractivity contribution in [1.29, 1.82) is 0 Å². The number of carboxylic acid groups (broad SMARTS) is 1. The van der Waals surface area contributed by atoms with Gasteiger partial charge in [0.15, 0.2) is 0 Å². The van der Waals surface area contributed by atoms with Crippen molar-refractivity contribution in [2.45, 2.75) is 12.6 Å². The Kier molecular flexibility index (Phi) is 4.94. The second kappa shape index (κ2) is 6.23. The number of ether oxygens (including phenoxy) is 3. The Labute approximate surface area is 105 Å². The van der Waals surface area contributed by atoms with Gasteiger partial charge in [-0.1, -0.05) is 0 Å². The first kappa shape index (κ1) is 14.3. The highest BCUT2D eigenvalue weighted by molar-refractivity contribution is 5.77. The highest BCUT2D eigenvalue weighted by Crippen LogP contribution is 2.35. The molecule has 0 aromatic heterocycles. The standard InChI is InChI=1S/C12H17NO5/c1-16-6-8-9(17-2)5-4-7(11(8)18-3)10(13)12(14)15/h4-5,10H,6,13H2,1-3H3,(H,14,15). The second-order valence-electron chi connectivity index (χ2n) is 3.62. The van der Waals surface area contributed by atoms with Crippen molar-refractivity contribution in [2.24, 2.45) is 5.73 Å². The molecule has 6 heteroatoms. The summed E-state index contributed by atoms with van der Waals surface area (Å²) >= 11 is 0. The topological polar surface area (TPSA) is 91.0 Å². The fourth-order valence-electron chi connectivity index (χ4n) is 1.72. The van der Waals surface area contributed by atoms with Gasteiger partial charge in [-0.15, -0.1) is 0 Å². The van der Waals surface area contributed by atoms with E-state index in [0.717, 1.165) is 0 Å². The zero-order chi connectivity index (χ0) is 13.7. The largest absolute Gasteiger partial charge is 0.496 e. The van der Waals surface area contributed by atoms with Crippen molar-refractivity contribution in [1.82, 2.24) is 0 Å². The number of methoxy groups -OCH3 is 3. The van der Waals surface area contributed by atoms with Crippen LogP contribution in [0.3, 0.4) is 0 Å². The van der Waals surface area contributed by atoms with E-state index in [2.05, 4.69) is 0 Å². The minimum atomic E-state index is -1.15. The Balaban J connectivity index is 3.36. The Morgan fingerprint density at radius 1 is 1.33 bits per heavy atom. The number of rotatable bonds is 6. The maximum absolute atomic E-state index is 10.9. The molecule has 0 amide bonds. The van der Waals surface area contributed by atoms with Gasteiger partial charge in [0.2, 0.25) is 0 Å². The van der Waals surface area contributed by atoms with Gasteiger partial charge >= 0.3 is 5.97 Å². The molecule has 0 saturated carbocycles. The Hall–Kier alpha value is -1.79. The Bertz CT molecular complexity index is 433. The van der Waals surface area contributed by atoms with Gasteiger partial charge in [0.05, 0.1) is 26.4 Å². The van der Waals surface area contributed by atoms with Crippen LogP contribution in [0.25, 0.3) is 0 Å². The number of carbonyl (C=O) groups is 1. The number of hydrogen-bond acceptors (Lipinski definition) is 5. The van der Waals surface area contributed by atoms with Crippen molar-refractivity contribution in [2.75, 3.05) is 21.3 Å². The molecule has 0 aliphatic heterocycles. The highest BCUT2D eigenvalue weighted by atomic mass is 16.5. The monoisotopic (exact) mass is 255 g/mol. The van der Waals surface area contributed by atoms with Gasteiger partial charge in [0, 0.05) is 12.7 Å². The van der Waals surface area contributed by atoms with Gasteiger partial charge in [-0.2, -0.15) is 0 Å². The van der Waals surface area contributed by atoms with E-state index in [-0.39, 0.29) is 6.61 Å². The molecule has 0 fully saturated rings. The molecule has 1 unspecified atom stereocenters. The zero-order valence-electron chi connectivity index (χ0n) is 10.6. The maximum atomic E-state index is 10.9. The molecule has 1 rings (SSSR count). The van der Waals surface area contributed by atoms with Gasteiger partial charge in [0.1, 0.15) is 17.5 Å². The predicted octanol–water partition coefficient (Wildman–Crippen LogP) is 0.935. The van der Waals surface area contributed by atoms with Crippen molar-refractivity contribution in [3.05, 3.63) is 23.3 Å². The Morgan fingerprint density at radius 2 is 2.00 bits per heavy atom. The van der Waals surface area contributed by atoms with Crippen molar-refractivity contribution < 1.29 is 24.1 Å². The molecular formula is C12H17NO5. The summed E-state index contributed by atoms with van der Waals surface area (Å²) in [7, 11) is 4.50. The van der Waals surface area contributed by atoms with E-state index in [1.165, 1.54) is 21.3 Å². The van der Waals surface area contributed by atoms with Crippen molar-refractivity contribution in [3.8, 4) is 11.5 Å². The normalized spacial score (nSPS) is 12.0. The van der Waals surface area contributed by atoms with Gasteiger partial charge < -0.3 is 25.1 Å². The molecule has 0 saturated heterocycles. The average molecular weight is 255 g/mol. The summed E-state index contributed by atoms with van der Waals surface area (Å²) in [4.78, 5) is 10.9. The molecule has 6 nitrogen and oxygen atoms in total. The van der Waals surface area contributed by atoms with Gasteiger partial charge in [-0.05, 0) is 12.1 Å². The molecule has 0 heterocycles. The van der Waals surface area contributed by atoms with E-state index in [4.69, 9.17) is 25.1 Å². The minimum Gasteiger partial charge on any atom is -0.496 e. The van der Waals surface area contributed by atoms with E-state index in [1.807, 2.05) is 0 Å². The fourth-order valence-corrected chi connectivity index (χ4v) is 1.72. The van der Waals surface area contributed by atoms with E-state index in [9.17, 15) is 4.79 Å². The number of carboxylic acids is 1. The predicted molar refractivity (Wildman–Crippen MR) is 64.8 cm³/mol. The van der Waals surface area contributed by atoms with Crippen LogP contribution < -0.4 is 15.2 Å². The molecule has 0 radical (unpaired) electrons. The molecule has 3 N–H and O–H groups in total. The van der Waals surface area contributed by atoms with Crippen molar-refractivity contribution >= 4 is 5.97 Å². The first-order valence-electron chi connectivity index (χ1n) is 5.27. The highest BCUT2D eigenvalue weighted by Gasteiger charge is 2.23. The van der Waals surface area contributed by atoms with Crippen LogP contribution in [0, 0.1) is 0 Å².